The number of aryl methyl sites for hydroxylation is 1. The lowest BCUT2D eigenvalue weighted by Crippen LogP contribution is -2.41. The number of carbonyl (C=O) groups excluding carboxylic acids is 1. The van der Waals surface area contributed by atoms with Crippen LogP contribution in [0.5, 0.6) is 0 Å². The van der Waals surface area contributed by atoms with Crippen molar-refractivity contribution in [1.82, 2.24) is 24.8 Å². The van der Waals surface area contributed by atoms with Crippen molar-refractivity contribution >= 4 is 22.6 Å². The van der Waals surface area contributed by atoms with Gasteiger partial charge in [0.25, 0.3) is 0 Å². The number of aromatic nitrogens is 4. The number of nitrogens with zero attached hydrogens (tertiary/aromatic N) is 4. The van der Waals surface area contributed by atoms with E-state index in [0.717, 1.165) is 77.3 Å². The Morgan fingerprint density at radius 1 is 1.17 bits per heavy atom. The number of anilines is 1. The van der Waals surface area contributed by atoms with Crippen LogP contribution in [-0.2, 0) is 9.53 Å². The van der Waals surface area contributed by atoms with Crippen molar-refractivity contribution in [3.8, 4) is 22.6 Å². The second-order valence-electron chi connectivity index (χ2n) is 10.0. The molecule has 1 atom stereocenters. The largest absolute Gasteiger partial charge is 0.461 e. The zero-order valence-corrected chi connectivity index (χ0v) is 20.6. The smallest absolute Gasteiger partial charge is 0.309 e. The molecule has 184 valence electrons. The number of hydrogen-bond acceptors (Lipinski definition) is 7. The molecule has 2 aliphatic rings. The average Bonchev–Trinajstić information content (AvgIpc) is 3.49. The van der Waals surface area contributed by atoms with Crippen LogP contribution in [0.1, 0.15) is 25.0 Å². The van der Waals surface area contributed by atoms with E-state index in [-0.39, 0.29) is 24.0 Å². The minimum Gasteiger partial charge on any atom is -0.461 e. The molecule has 1 aliphatic carbocycles. The third-order valence-electron chi connectivity index (χ3n) is 7.21. The van der Waals surface area contributed by atoms with Crippen LogP contribution in [0.4, 0.5) is 5.69 Å². The third kappa shape index (κ3) is 4.56. The lowest BCUT2D eigenvalue weighted by atomic mass is 9.80. The first-order valence-electron chi connectivity index (χ1n) is 12.5. The molecule has 4 heterocycles. The van der Waals surface area contributed by atoms with Gasteiger partial charge in [-0.25, -0.2) is 4.98 Å². The summed E-state index contributed by atoms with van der Waals surface area (Å²) in [4.78, 5) is 31.8. The summed E-state index contributed by atoms with van der Waals surface area (Å²) >= 11 is 0. The summed E-state index contributed by atoms with van der Waals surface area (Å²) in [6, 6.07) is 14.5. The van der Waals surface area contributed by atoms with Crippen molar-refractivity contribution in [2.45, 2.75) is 38.3 Å². The molecule has 1 aromatic carbocycles. The van der Waals surface area contributed by atoms with E-state index in [1.807, 2.05) is 43.5 Å². The number of rotatable bonds is 6. The van der Waals surface area contributed by atoms with E-state index in [2.05, 4.69) is 49.3 Å². The molecule has 0 amide bonds. The molecule has 2 N–H and O–H groups in total. The number of fused-ring (bicyclic) bond motifs is 1. The van der Waals surface area contributed by atoms with E-state index in [4.69, 9.17) is 4.74 Å². The highest BCUT2D eigenvalue weighted by Gasteiger charge is 2.37. The first-order valence-corrected chi connectivity index (χ1v) is 12.5. The Morgan fingerprint density at radius 2 is 2.06 bits per heavy atom. The molecule has 8 nitrogen and oxygen atoms in total. The molecular formula is C28H30N6O2. The standard InChI is InChI=1S/C28H30N6O2/c1-17-4-3-5-25(32-17)27-26(30-16-31-27)18-6-7-24-19(10-18)11-22(14-29-24)33-21-12-20(13-21)28(35)36-23-8-9-34(2)15-23/h3-7,10-11,14,16,20-21,23,33H,8-9,12-13,15H2,1-2H3,(H,30,31)/t20-,21-,23-/m0/s1. The molecule has 36 heavy (non-hydrogen) atoms. The normalized spacial score (nSPS) is 21.9. The minimum absolute atomic E-state index is 0.0123. The first kappa shape index (κ1) is 22.7. The van der Waals surface area contributed by atoms with E-state index in [1.54, 1.807) is 6.33 Å². The lowest BCUT2D eigenvalue weighted by molar-refractivity contribution is -0.156. The number of ether oxygens (including phenoxy) is 1. The summed E-state index contributed by atoms with van der Waals surface area (Å²) < 4.78 is 5.70. The molecule has 0 spiro atoms. The third-order valence-corrected chi connectivity index (χ3v) is 7.21. The van der Waals surface area contributed by atoms with Gasteiger partial charge in [-0.1, -0.05) is 12.1 Å². The summed E-state index contributed by atoms with van der Waals surface area (Å²) in [7, 11) is 2.06. The fourth-order valence-corrected chi connectivity index (χ4v) is 5.16. The van der Waals surface area contributed by atoms with Gasteiger partial charge < -0.3 is 19.9 Å². The predicted octanol–water partition coefficient (Wildman–Crippen LogP) is 4.43. The van der Waals surface area contributed by atoms with Crippen LogP contribution in [0.15, 0.2) is 55.0 Å². The molecule has 3 aromatic heterocycles. The Kier molecular flexibility index (Phi) is 5.89. The summed E-state index contributed by atoms with van der Waals surface area (Å²) in [6.45, 7) is 3.82. The maximum absolute atomic E-state index is 12.5. The molecule has 0 radical (unpaired) electrons. The van der Waals surface area contributed by atoms with Gasteiger partial charge in [0.05, 0.1) is 46.7 Å². The van der Waals surface area contributed by atoms with E-state index in [9.17, 15) is 4.79 Å². The van der Waals surface area contributed by atoms with E-state index in [0.29, 0.717) is 0 Å². The van der Waals surface area contributed by atoms with Crippen molar-refractivity contribution in [3.05, 3.63) is 60.7 Å². The number of carbonyl (C=O) groups is 1. The van der Waals surface area contributed by atoms with Gasteiger partial charge >= 0.3 is 5.97 Å². The number of aromatic amines is 1. The highest BCUT2D eigenvalue weighted by atomic mass is 16.5. The molecule has 1 saturated carbocycles. The van der Waals surface area contributed by atoms with Gasteiger partial charge in [0.1, 0.15) is 6.10 Å². The van der Waals surface area contributed by atoms with Crippen LogP contribution in [0.2, 0.25) is 0 Å². The number of esters is 1. The number of pyridine rings is 2. The molecule has 6 rings (SSSR count). The number of hydrogen-bond donors (Lipinski definition) is 2. The van der Waals surface area contributed by atoms with E-state index < -0.39 is 0 Å². The molecule has 0 unspecified atom stereocenters. The monoisotopic (exact) mass is 482 g/mol. The lowest BCUT2D eigenvalue weighted by Gasteiger charge is -2.35. The number of imidazole rings is 1. The van der Waals surface area contributed by atoms with Gasteiger partial charge in [-0.3, -0.25) is 14.8 Å². The van der Waals surface area contributed by atoms with Crippen LogP contribution in [0.3, 0.4) is 0 Å². The van der Waals surface area contributed by atoms with Gasteiger partial charge in [-0.05, 0) is 63.6 Å². The molecule has 2 fully saturated rings. The Hall–Kier alpha value is -3.78. The van der Waals surface area contributed by atoms with Gasteiger partial charge in [-0.2, -0.15) is 0 Å². The fraction of sp³-hybridized carbons (Fsp3) is 0.357. The van der Waals surface area contributed by atoms with Crippen molar-refractivity contribution in [1.29, 1.82) is 0 Å². The molecule has 4 aromatic rings. The second kappa shape index (κ2) is 9.35. The number of benzene rings is 1. The second-order valence-corrected chi connectivity index (χ2v) is 10.0. The highest BCUT2D eigenvalue weighted by molar-refractivity contribution is 5.88. The summed E-state index contributed by atoms with van der Waals surface area (Å²) in [5.74, 6) is -0.0609. The van der Waals surface area contributed by atoms with Gasteiger partial charge in [-0.15, -0.1) is 0 Å². The Labute approximate surface area is 210 Å². The summed E-state index contributed by atoms with van der Waals surface area (Å²) in [5.41, 5.74) is 6.48. The van der Waals surface area contributed by atoms with Crippen molar-refractivity contribution in [2.24, 2.45) is 5.92 Å². The summed E-state index contributed by atoms with van der Waals surface area (Å²) in [6.07, 6.45) is 6.13. The molecule has 1 aliphatic heterocycles. The van der Waals surface area contributed by atoms with Gasteiger partial charge in [0.15, 0.2) is 0 Å². The van der Waals surface area contributed by atoms with E-state index >= 15 is 0 Å². The minimum atomic E-state index is -0.0486. The van der Waals surface area contributed by atoms with Gasteiger partial charge in [0, 0.05) is 35.8 Å². The highest BCUT2D eigenvalue weighted by Crippen LogP contribution is 2.34. The van der Waals surface area contributed by atoms with Crippen LogP contribution < -0.4 is 5.32 Å². The number of H-pyrrole nitrogens is 1. The fourth-order valence-electron chi connectivity index (χ4n) is 5.16. The first-order chi connectivity index (χ1) is 17.5. The number of likely N-dealkylation sites (tertiary alicyclic amines) is 1. The SMILES string of the molecule is Cc1cccc(-c2[nH]cnc2-c2ccc3ncc(N[C@H]4C[C@H](C(=O)O[C@H]5CCN(C)C5)C4)cc3c2)n1. The zero-order chi connectivity index (χ0) is 24.6. The quantitative estimate of drug-likeness (QED) is 0.393. The Bertz CT molecular complexity index is 1410. The number of nitrogens with one attached hydrogen (secondary N) is 2. The van der Waals surface area contributed by atoms with Crippen LogP contribution in [0, 0.1) is 12.8 Å². The number of likely N-dealkylation sites (N-methyl/N-ethyl adjacent to an activating group) is 1. The van der Waals surface area contributed by atoms with Gasteiger partial charge in [0.2, 0.25) is 0 Å². The average molecular weight is 483 g/mol. The Morgan fingerprint density at radius 3 is 2.86 bits per heavy atom. The van der Waals surface area contributed by atoms with Crippen LogP contribution in [0.25, 0.3) is 33.5 Å². The molecular weight excluding hydrogens is 452 g/mol. The van der Waals surface area contributed by atoms with Crippen LogP contribution >= 0.6 is 0 Å². The molecule has 8 heteroatoms. The maximum Gasteiger partial charge on any atom is 0.309 e. The Balaban J connectivity index is 1.14. The molecule has 0 bridgehead atoms. The van der Waals surface area contributed by atoms with Crippen molar-refractivity contribution in [3.63, 3.8) is 0 Å². The van der Waals surface area contributed by atoms with E-state index in [1.165, 1.54) is 0 Å². The van der Waals surface area contributed by atoms with Crippen LogP contribution in [-0.4, -0.2) is 63.1 Å². The maximum atomic E-state index is 12.5. The van der Waals surface area contributed by atoms with Crippen molar-refractivity contribution < 1.29 is 9.53 Å². The summed E-state index contributed by atoms with van der Waals surface area (Å²) in [5, 5.41) is 4.58. The van der Waals surface area contributed by atoms with Crippen molar-refractivity contribution in [2.75, 3.05) is 25.5 Å². The topological polar surface area (TPSA) is 96.0 Å². The predicted molar refractivity (Wildman–Crippen MR) is 139 cm³/mol. The zero-order valence-electron chi connectivity index (χ0n) is 20.6. The molecule has 1 saturated heterocycles.